The highest BCUT2D eigenvalue weighted by Gasteiger charge is 2.28. The first kappa shape index (κ1) is 21.6. The van der Waals surface area contributed by atoms with Crippen molar-refractivity contribution >= 4 is 11.1 Å². The van der Waals surface area contributed by atoms with E-state index in [1.165, 1.54) is 0 Å². The van der Waals surface area contributed by atoms with E-state index in [4.69, 9.17) is 9.40 Å². The molecular formula is C26H29N5O2. The molecule has 1 unspecified atom stereocenters. The van der Waals surface area contributed by atoms with Crippen LogP contribution < -0.4 is 5.56 Å². The molecule has 0 saturated carbocycles. The summed E-state index contributed by atoms with van der Waals surface area (Å²) in [5.41, 5.74) is 2.56. The summed E-state index contributed by atoms with van der Waals surface area (Å²) in [5, 5.41) is 0.532. The number of furan rings is 1. The number of rotatable bonds is 7. The van der Waals surface area contributed by atoms with Crippen LogP contribution in [0.3, 0.4) is 0 Å². The smallest absolute Gasteiger partial charge is 0.265 e. The Morgan fingerprint density at radius 2 is 1.76 bits per heavy atom. The summed E-state index contributed by atoms with van der Waals surface area (Å²) in [6.45, 7) is 7.28. The number of hydrogen-bond donors (Lipinski definition) is 0. The van der Waals surface area contributed by atoms with Gasteiger partial charge in [0.05, 0.1) is 24.5 Å². The van der Waals surface area contributed by atoms with E-state index in [0.29, 0.717) is 17.6 Å². The fourth-order valence-electron chi connectivity index (χ4n) is 4.70. The summed E-state index contributed by atoms with van der Waals surface area (Å²) in [6, 6.07) is 17.9. The Morgan fingerprint density at radius 1 is 0.970 bits per heavy atom. The standard InChI is InChI=1S/C26H29N5O2/c1-2-23(30-15-13-29(14-16-30)19-21-10-6-7-12-27-21)24-28-25-22(11-17-33-25)26(32)31(24)18-20-8-4-3-5-9-20/h3-12,17,23H,2,13-16,18-19H2,1H3. The molecule has 0 spiro atoms. The van der Waals surface area contributed by atoms with Gasteiger partial charge in [-0.3, -0.25) is 24.1 Å². The minimum atomic E-state index is -0.0418. The van der Waals surface area contributed by atoms with E-state index in [-0.39, 0.29) is 11.6 Å². The van der Waals surface area contributed by atoms with E-state index < -0.39 is 0 Å². The maximum Gasteiger partial charge on any atom is 0.265 e. The van der Waals surface area contributed by atoms with Gasteiger partial charge >= 0.3 is 0 Å². The molecule has 1 saturated heterocycles. The van der Waals surface area contributed by atoms with Crippen molar-refractivity contribution in [1.29, 1.82) is 0 Å². The van der Waals surface area contributed by atoms with Gasteiger partial charge < -0.3 is 4.42 Å². The fourth-order valence-corrected chi connectivity index (χ4v) is 4.70. The summed E-state index contributed by atoms with van der Waals surface area (Å²) in [6.07, 6.45) is 4.27. The van der Waals surface area contributed by atoms with Crippen LogP contribution in [0, 0.1) is 0 Å². The van der Waals surface area contributed by atoms with Crippen molar-refractivity contribution in [3.63, 3.8) is 0 Å². The fraction of sp³-hybridized carbons (Fsp3) is 0.346. The molecule has 0 N–H and O–H groups in total. The maximum absolute atomic E-state index is 13.4. The number of benzene rings is 1. The van der Waals surface area contributed by atoms with Crippen molar-refractivity contribution < 1.29 is 4.42 Å². The number of piperazine rings is 1. The zero-order chi connectivity index (χ0) is 22.6. The first-order valence-corrected chi connectivity index (χ1v) is 11.6. The van der Waals surface area contributed by atoms with Crippen molar-refractivity contribution in [1.82, 2.24) is 24.3 Å². The van der Waals surface area contributed by atoms with E-state index in [0.717, 1.165) is 56.2 Å². The molecule has 1 aliphatic rings. The molecular weight excluding hydrogens is 414 g/mol. The van der Waals surface area contributed by atoms with Gasteiger partial charge in [-0.2, -0.15) is 4.98 Å². The highest BCUT2D eigenvalue weighted by Crippen LogP contribution is 2.26. The van der Waals surface area contributed by atoms with Crippen LogP contribution >= 0.6 is 0 Å². The molecule has 4 heterocycles. The van der Waals surface area contributed by atoms with Crippen molar-refractivity contribution in [3.8, 4) is 0 Å². The lowest BCUT2D eigenvalue weighted by atomic mass is 10.1. The highest BCUT2D eigenvalue weighted by molar-refractivity contribution is 5.71. The normalized spacial score (nSPS) is 16.3. The van der Waals surface area contributed by atoms with Crippen LogP contribution in [0.2, 0.25) is 0 Å². The predicted molar refractivity (Wildman–Crippen MR) is 128 cm³/mol. The van der Waals surface area contributed by atoms with Crippen LogP contribution in [0.15, 0.2) is 76.3 Å². The molecule has 0 radical (unpaired) electrons. The monoisotopic (exact) mass is 443 g/mol. The van der Waals surface area contributed by atoms with Gasteiger partial charge in [0.25, 0.3) is 5.56 Å². The molecule has 1 fully saturated rings. The van der Waals surface area contributed by atoms with Gasteiger partial charge in [-0.1, -0.05) is 43.3 Å². The number of pyridine rings is 1. The first-order chi connectivity index (χ1) is 16.2. The van der Waals surface area contributed by atoms with Gasteiger partial charge in [-0.05, 0) is 30.2 Å². The lowest BCUT2D eigenvalue weighted by Gasteiger charge is -2.39. The van der Waals surface area contributed by atoms with E-state index in [1.807, 2.05) is 53.2 Å². The third-order valence-corrected chi connectivity index (χ3v) is 6.44. The Bertz CT molecular complexity index is 1240. The molecule has 5 rings (SSSR count). The Labute approximate surface area is 193 Å². The van der Waals surface area contributed by atoms with Gasteiger partial charge in [0.1, 0.15) is 11.2 Å². The zero-order valence-electron chi connectivity index (χ0n) is 18.9. The maximum atomic E-state index is 13.4. The second kappa shape index (κ2) is 9.68. The quantitative estimate of drug-likeness (QED) is 0.434. The molecule has 0 aliphatic carbocycles. The molecule has 1 atom stereocenters. The minimum Gasteiger partial charge on any atom is -0.446 e. The second-order valence-electron chi connectivity index (χ2n) is 8.54. The molecule has 1 aromatic carbocycles. The largest absolute Gasteiger partial charge is 0.446 e. The molecule has 1 aliphatic heterocycles. The summed E-state index contributed by atoms with van der Waals surface area (Å²) >= 11 is 0. The van der Waals surface area contributed by atoms with Gasteiger partial charge in [-0.15, -0.1) is 0 Å². The van der Waals surface area contributed by atoms with E-state index >= 15 is 0 Å². The van der Waals surface area contributed by atoms with Crippen molar-refractivity contribution in [3.05, 3.63) is 94.5 Å². The van der Waals surface area contributed by atoms with Crippen LogP contribution in [-0.4, -0.2) is 50.5 Å². The predicted octanol–water partition coefficient (Wildman–Crippen LogP) is 3.70. The van der Waals surface area contributed by atoms with E-state index in [2.05, 4.69) is 27.8 Å². The van der Waals surface area contributed by atoms with E-state index in [1.54, 1.807) is 12.3 Å². The molecule has 0 bridgehead atoms. The molecule has 7 nitrogen and oxygen atoms in total. The van der Waals surface area contributed by atoms with Gasteiger partial charge in [0.15, 0.2) is 0 Å². The van der Waals surface area contributed by atoms with Crippen molar-refractivity contribution in [2.75, 3.05) is 26.2 Å². The van der Waals surface area contributed by atoms with Crippen LogP contribution in [0.25, 0.3) is 11.1 Å². The third kappa shape index (κ3) is 4.60. The van der Waals surface area contributed by atoms with Crippen LogP contribution in [0.5, 0.6) is 0 Å². The lowest BCUT2D eigenvalue weighted by Crippen LogP contribution is -2.48. The topological polar surface area (TPSA) is 67.4 Å². The number of aromatic nitrogens is 3. The Morgan fingerprint density at radius 3 is 2.48 bits per heavy atom. The van der Waals surface area contributed by atoms with Gasteiger partial charge in [-0.25, -0.2) is 0 Å². The Kier molecular flexibility index (Phi) is 6.32. The van der Waals surface area contributed by atoms with Gasteiger partial charge in [0.2, 0.25) is 5.71 Å². The SMILES string of the molecule is CCC(c1nc2occc2c(=O)n1Cc1ccccc1)N1CCN(Cc2ccccn2)CC1. The summed E-state index contributed by atoms with van der Waals surface area (Å²) in [5.74, 6) is 0.784. The summed E-state index contributed by atoms with van der Waals surface area (Å²) in [7, 11) is 0. The third-order valence-electron chi connectivity index (χ3n) is 6.44. The second-order valence-corrected chi connectivity index (χ2v) is 8.54. The lowest BCUT2D eigenvalue weighted by molar-refractivity contribution is 0.0837. The molecule has 4 aromatic rings. The molecule has 0 amide bonds. The average molecular weight is 444 g/mol. The first-order valence-electron chi connectivity index (χ1n) is 11.6. The molecule has 3 aromatic heterocycles. The molecule has 33 heavy (non-hydrogen) atoms. The Hall–Kier alpha value is -3.29. The molecule has 7 heteroatoms. The van der Waals surface area contributed by atoms with Gasteiger partial charge in [0, 0.05) is 38.9 Å². The van der Waals surface area contributed by atoms with Crippen LogP contribution in [0.4, 0.5) is 0 Å². The molecule has 170 valence electrons. The minimum absolute atomic E-state index is 0.0418. The number of hydrogen-bond acceptors (Lipinski definition) is 6. The van der Waals surface area contributed by atoms with Crippen LogP contribution in [-0.2, 0) is 13.1 Å². The van der Waals surface area contributed by atoms with Crippen molar-refractivity contribution in [2.45, 2.75) is 32.5 Å². The van der Waals surface area contributed by atoms with Crippen molar-refractivity contribution in [2.24, 2.45) is 0 Å². The summed E-state index contributed by atoms with van der Waals surface area (Å²) in [4.78, 5) is 27.6. The van der Waals surface area contributed by atoms with Crippen LogP contribution in [0.1, 0.15) is 36.5 Å². The average Bonchev–Trinajstić information content (AvgIpc) is 3.33. The zero-order valence-corrected chi connectivity index (χ0v) is 18.9. The number of fused-ring (bicyclic) bond motifs is 1. The Balaban J connectivity index is 1.41. The number of nitrogens with zero attached hydrogens (tertiary/aromatic N) is 5. The summed E-state index contributed by atoms with van der Waals surface area (Å²) < 4.78 is 7.39. The van der Waals surface area contributed by atoms with E-state index in [9.17, 15) is 4.79 Å². The highest BCUT2D eigenvalue weighted by atomic mass is 16.3.